The molecule has 0 aromatic rings. The molecule has 0 spiro atoms. The van der Waals surface area contributed by atoms with Crippen molar-refractivity contribution in [2.24, 2.45) is 0 Å². The van der Waals surface area contributed by atoms with Crippen LogP contribution in [0.3, 0.4) is 0 Å². The van der Waals surface area contributed by atoms with Crippen LogP contribution in [0.25, 0.3) is 0 Å². The molecule has 0 aromatic carbocycles. The molecule has 0 amide bonds. The molecule has 0 fully saturated rings. The third-order valence-corrected chi connectivity index (χ3v) is 0. The number of hydrogen-bond acceptors (Lipinski definition) is 2. The third-order valence-electron chi connectivity index (χ3n) is 0. The van der Waals surface area contributed by atoms with Gasteiger partial charge in [0.05, 0.1) is 0 Å². The van der Waals surface area contributed by atoms with E-state index in [4.69, 9.17) is 10.5 Å². The standard InChI is InChI=1S/Mo.Ni.H2O2/c;;1-2/h;;1-2H. The Balaban J connectivity index is -0.00000000500. The zero-order valence-electron chi connectivity index (χ0n) is 1.62. The van der Waals surface area contributed by atoms with Crippen LogP contribution in [0.4, 0.5) is 0 Å². The molecule has 0 bridgehead atoms. The molecular weight excluding hydrogens is 187 g/mol. The van der Waals surface area contributed by atoms with Gasteiger partial charge in [-0.05, 0) is 0 Å². The van der Waals surface area contributed by atoms with E-state index in [9.17, 15) is 0 Å². The molecule has 0 saturated carbocycles. The normalized spacial score (nSPS) is 1.50. The molecule has 2 N–H and O–H groups in total. The summed E-state index contributed by atoms with van der Waals surface area (Å²) in [5, 5.41) is 12.0. The Morgan fingerprint density at radius 1 is 1.00 bits per heavy atom. The zero-order chi connectivity index (χ0) is 2.00. The molecular formula is H2MoNiO2. The zero-order valence-corrected chi connectivity index (χ0v) is 4.61. The predicted molar refractivity (Wildman–Crippen MR) is 5.26 cm³/mol. The molecule has 0 saturated heterocycles. The molecule has 0 atom stereocenters. The van der Waals surface area contributed by atoms with Crippen molar-refractivity contribution < 1.29 is 48.1 Å². The second-order valence-corrected chi connectivity index (χ2v) is 0. The summed E-state index contributed by atoms with van der Waals surface area (Å²) < 4.78 is 0. The van der Waals surface area contributed by atoms with Crippen molar-refractivity contribution in [3.8, 4) is 0 Å². The Labute approximate surface area is 48.3 Å². The van der Waals surface area contributed by atoms with Crippen LogP contribution in [0.15, 0.2) is 0 Å². The second kappa shape index (κ2) is 32.5. The predicted octanol–water partition coefficient (Wildman–Crippen LogP) is 0.0124. The minimum Gasteiger partial charge on any atom is -0.255 e. The van der Waals surface area contributed by atoms with Gasteiger partial charge in [0.2, 0.25) is 0 Å². The summed E-state index contributed by atoms with van der Waals surface area (Å²) in [6.07, 6.45) is 0. The van der Waals surface area contributed by atoms with Crippen LogP contribution < -0.4 is 0 Å². The van der Waals surface area contributed by atoms with Gasteiger partial charge >= 0.3 is 0 Å². The van der Waals surface area contributed by atoms with Gasteiger partial charge in [-0.3, -0.25) is 10.5 Å². The molecule has 0 aliphatic heterocycles. The largest absolute Gasteiger partial charge is 0.255 e. The van der Waals surface area contributed by atoms with E-state index in [2.05, 4.69) is 0 Å². The van der Waals surface area contributed by atoms with Crippen molar-refractivity contribution in [1.82, 2.24) is 0 Å². The van der Waals surface area contributed by atoms with Crippen LogP contribution in [0.1, 0.15) is 0 Å². The van der Waals surface area contributed by atoms with Gasteiger partial charge in [0.1, 0.15) is 0 Å². The maximum atomic E-state index is 6.00. The van der Waals surface area contributed by atoms with E-state index in [1.165, 1.54) is 0 Å². The van der Waals surface area contributed by atoms with Crippen LogP contribution in [-0.2, 0) is 37.6 Å². The van der Waals surface area contributed by atoms with Crippen molar-refractivity contribution in [3.63, 3.8) is 0 Å². The second-order valence-electron chi connectivity index (χ2n) is 0. The van der Waals surface area contributed by atoms with Crippen molar-refractivity contribution >= 4 is 0 Å². The topological polar surface area (TPSA) is 40.5 Å². The molecule has 4 heteroatoms. The molecule has 0 aliphatic carbocycles. The third kappa shape index (κ3) is 11.3. The average Bonchev–Trinajstić information content (AvgIpc) is 1.00. The minimum atomic E-state index is 0. The van der Waals surface area contributed by atoms with E-state index in [1.54, 1.807) is 0 Å². The van der Waals surface area contributed by atoms with Crippen molar-refractivity contribution in [2.45, 2.75) is 0 Å². The van der Waals surface area contributed by atoms with Crippen molar-refractivity contribution in [1.29, 1.82) is 0 Å². The van der Waals surface area contributed by atoms with E-state index in [0.29, 0.717) is 0 Å². The summed E-state index contributed by atoms with van der Waals surface area (Å²) in [5.41, 5.74) is 0. The first-order valence-corrected chi connectivity index (χ1v) is 0.200. The van der Waals surface area contributed by atoms with Gasteiger partial charge in [-0.1, -0.05) is 0 Å². The quantitative estimate of drug-likeness (QED) is 0.320. The monoisotopic (exact) mass is 190 g/mol. The summed E-state index contributed by atoms with van der Waals surface area (Å²) in [5.74, 6) is 0. The fourth-order valence-electron chi connectivity index (χ4n) is 0. The SMILES string of the molecule is OO.[Mo].[Ni]. The Morgan fingerprint density at radius 2 is 1.00 bits per heavy atom. The Hall–Kier alpha value is 1.10. The molecule has 0 aliphatic rings. The number of hydrogen-bond donors (Lipinski definition) is 2. The van der Waals surface area contributed by atoms with Crippen LogP contribution >= 0.6 is 0 Å². The molecule has 2 nitrogen and oxygen atoms in total. The maximum Gasteiger partial charge on any atom is 0 e. The van der Waals surface area contributed by atoms with Gasteiger partial charge in [0, 0.05) is 37.6 Å². The molecule has 0 unspecified atom stereocenters. The Morgan fingerprint density at radius 3 is 1.00 bits per heavy atom. The molecule has 0 rings (SSSR count). The molecule has 0 heterocycles. The van der Waals surface area contributed by atoms with Gasteiger partial charge in [-0.25, -0.2) is 0 Å². The fourth-order valence-corrected chi connectivity index (χ4v) is 0. The summed E-state index contributed by atoms with van der Waals surface area (Å²) in [6.45, 7) is 0. The van der Waals surface area contributed by atoms with Gasteiger partial charge in [0.25, 0.3) is 0 Å². The molecule has 30 valence electrons. The van der Waals surface area contributed by atoms with Crippen LogP contribution in [0.2, 0.25) is 0 Å². The Bertz CT molecular complexity index is 6.00. The fraction of sp³-hybridized carbons (Fsp3) is 0. The smallest absolute Gasteiger partial charge is 0 e. The first-order chi connectivity index (χ1) is 1.00. The molecule has 4 heavy (non-hydrogen) atoms. The van der Waals surface area contributed by atoms with E-state index < -0.39 is 0 Å². The van der Waals surface area contributed by atoms with Crippen molar-refractivity contribution in [3.05, 3.63) is 0 Å². The van der Waals surface area contributed by atoms with Crippen LogP contribution in [-0.4, -0.2) is 10.5 Å². The van der Waals surface area contributed by atoms with E-state index in [0.717, 1.165) is 0 Å². The van der Waals surface area contributed by atoms with Crippen LogP contribution in [0, 0.1) is 0 Å². The van der Waals surface area contributed by atoms with Crippen molar-refractivity contribution in [2.75, 3.05) is 0 Å². The first kappa shape index (κ1) is 19.4. The van der Waals surface area contributed by atoms with Crippen LogP contribution in [0.5, 0.6) is 0 Å². The summed E-state index contributed by atoms with van der Waals surface area (Å²) in [7, 11) is 0. The number of rotatable bonds is 0. The first-order valence-electron chi connectivity index (χ1n) is 0.200. The molecule has 0 radical (unpaired) electrons. The summed E-state index contributed by atoms with van der Waals surface area (Å²) >= 11 is 0. The average molecular weight is 189 g/mol. The van der Waals surface area contributed by atoms with E-state index in [-0.39, 0.29) is 37.6 Å². The van der Waals surface area contributed by atoms with Gasteiger partial charge in [0.15, 0.2) is 0 Å². The molecule has 0 aromatic heterocycles. The van der Waals surface area contributed by atoms with Gasteiger partial charge in [-0.15, -0.1) is 0 Å². The van der Waals surface area contributed by atoms with Gasteiger partial charge in [-0.2, -0.15) is 0 Å². The van der Waals surface area contributed by atoms with E-state index in [1.807, 2.05) is 0 Å². The summed E-state index contributed by atoms with van der Waals surface area (Å²) in [4.78, 5) is 0. The summed E-state index contributed by atoms with van der Waals surface area (Å²) in [6, 6.07) is 0. The van der Waals surface area contributed by atoms with E-state index >= 15 is 0 Å². The minimum absolute atomic E-state index is 0. The maximum absolute atomic E-state index is 6.00. The Kier molecular flexibility index (Phi) is 158. The van der Waals surface area contributed by atoms with Gasteiger partial charge < -0.3 is 0 Å².